The van der Waals surface area contributed by atoms with E-state index < -0.39 is 0 Å². The summed E-state index contributed by atoms with van der Waals surface area (Å²) in [6, 6.07) is 10.9. The van der Waals surface area contributed by atoms with Gasteiger partial charge in [-0.25, -0.2) is 4.39 Å². The van der Waals surface area contributed by atoms with E-state index in [1.165, 1.54) is 11.8 Å². The molecule has 0 spiro atoms. The standard InChI is InChI=1S/C18H25FN4.HI/c1-20-18(23(3)14-17-10-6-12-22(17)2)21-11-5-8-15-7-4-9-16(19)13-15;/h4,6-7,9-10,12-13H,5,8,11,14H2,1-3H3,(H,20,21);1H. The monoisotopic (exact) mass is 444 g/mol. The third-order valence-corrected chi connectivity index (χ3v) is 3.84. The molecule has 2 aromatic rings. The first-order chi connectivity index (χ1) is 11.1. The van der Waals surface area contributed by atoms with Crippen LogP contribution >= 0.6 is 24.0 Å². The van der Waals surface area contributed by atoms with Crippen LogP contribution in [0.3, 0.4) is 0 Å². The Kier molecular flexibility index (Phi) is 8.81. The highest BCUT2D eigenvalue weighted by atomic mass is 127. The minimum absolute atomic E-state index is 0. The number of nitrogens with zero attached hydrogens (tertiary/aromatic N) is 3. The number of guanidine groups is 1. The number of aliphatic imine (C=N–C) groups is 1. The van der Waals surface area contributed by atoms with Crippen LogP contribution in [0.15, 0.2) is 47.6 Å². The van der Waals surface area contributed by atoms with Gasteiger partial charge in [-0.3, -0.25) is 4.99 Å². The van der Waals surface area contributed by atoms with Gasteiger partial charge in [0, 0.05) is 39.6 Å². The Labute approximate surface area is 160 Å². The second kappa shape index (κ2) is 10.3. The van der Waals surface area contributed by atoms with Crippen molar-refractivity contribution in [2.75, 3.05) is 20.6 Å². The molecule has 1 aromatic heterocycles. The molecule has 0 fully saturated rings. The van der Waals surface area contributed by atoms with Crippen molar-refractivity contribution in [3.63, 3.8) is 0 Å². The van der Waals surface area contributed by atoms with Crippen molar-refractivity contribution >= 4 is 29.9 Å². The second-order valence-corrected chi connectivity index (χ2v) is 5.67. The van der Waals surface area contributed by atoms with E-state index in [1.807, 2.05) is 32.4 Å². The number of aromatic nitrogens is 1. The van der Waals surface area contributed by atoms with E-state index in [0.717, 1.165) is 37.5 Å². The highest BCUT2D eigenvalue weighted by Gasteiger charge is 2.07. The molecule has 2 rings (SSSR count). The van der Waals surface area contributed by atoms with E-state index in [9.17, 15) is 4.39 Å². The van der Waals surface area contributed by atoms with E-state index in [4.69, 9.17) is 0 Å². The van der Waals surface area contributed by atoms with Crippen molar-refractivity contribution in [2.24, 2.45) is 12.0 Å². The van der Waals surface area contributed by atoms with Crippen molar-refractivity contribution in [1.82, 2.24) is 14.8 Å². The van der Waals surface area contributed by atoms with Crippen LogP contribution in [-0.2, 0) is 20.0 Å². The molecule has 0 aliphatic rings. The Morgan fingerprint density at radius 3 is 2.71 bits per heavy atom. The fourth-order valence-corrected chi connectivity index (χ4v) is 2.55. The molecule has 4 nitrogen and oxygen atoms in total. The van der Waals surface area contributed by atoms with Crippen LogP contribution < -0.4 is 5.32 Å². The fraction of sp³-hybridized carbons (Fsp3) is 0.389. The molecule has 0 aliphatic carbocycles. The van der Waals surface area contributed by atoms with Crippen molar-refractivity contribution < 1.29 is 4.39 Å². The van der Waals surface area contributed by atoms with Crippen LogP contribution in [0.25, 0.3) is 0 Å². The van der Waals surface area contributed by atoms with Gasteiger partial charge in [-0.2, -0.15) is 0 Å². The van der Waals surface area contributed by atoms with Gasteiger partial charge in [-0.15, -0.1) is 24.0 Å². The quantitative estimate of drug-likeness (QED) is 0.321. The van der Waals surface area contributed by atoms with Gasteiger partial charge in [0.05, 0.1) is 6.54 Å². The van der Waals surface area contributed by atoms with Crippen LogP contribution in [-0.4, -0.2) is 36.1 Å². The van der Waals surface area contributed by atoms with Gasteiger partial charge in [0.2, 0.25) is 0 Å². The largest absolute Gasteiger partial charge is 0.356 e. The van der Waals surface area contributed by atoms with E-state index in [-0.39, 0.29) is 29.8 Å². The minimum atomic E-state index is -0.173. The molecule has 1 heterocycles. The average molecular weight is 444 g/mol. The van der Waals surface area contributed by atoms with Gasteiger partial charge in [0.15, 0.2) is 5.96 Å². The van der Waals surface area contributed by atoms with Gasteiger partial charge in [0.25, 0.3) is 0 Å². The molecule has 0 amide bonds. The zero-order valence-corrected chi connectivity index (χ0v) is 16.8. The minimum Gasteiger partial charge on any atom is -0.356 e. The lowest BCUT2D eigenvalue weighted by Gasteiger charge is -2.22. The molecule has 132 valence electrons. The number of hydrogen-bond donors (Lipinski definition) is 1. The maximum absolute atomic E-state index is 13.1. The number of hydrogen-bond acceptors (Lipinski definition) is 1. The lowest BCUT2D eigenvalue weighted by Crippen LogP contribution is -2.39. The normalized spacial score (nSPS) is 11.1. The fourth-order valence-electron chi connectivity index (χ4n) is 2.55. The second-order valence-electron chi connectivity index (χ2n) is 5.67. The molecule has 0 radical (unpaired) electrons. The zero-order chi connectivity index (χ0) is 16.7. The van der Waals surface area contributed by atoms with Crippen LogP contribution in [0.5, 0.6) is 0 Å². The molecule has 24 heavy (non-hydrogen) atoms. The van der Waals surface area contributed by atoms with Crippen molar-refractivity contribution in [1.29, 1.82) is 0 Å². The summed E-state index contributed by atoms with van der Waals surface area (Å²) in [6.07, 6.45) is 3.82. The molecule has 0 unspecified atom stereocenters. The predicted octanol–water partition coefficient (Wildman–Crippen LogP) is 3.42. The van der Waals surface area contributed by atoms with E-state index in [1.54, 1.807) is 19.2 Å². The number of halogens is 2. The van der Waals surface area contributed by atoms with Crippen molar-refractivity contribution in [2.45, 2.75) is 19.4 Å². The number of rotatable bonds is 6. The molecular formula is C18H26FIN4. The number of benzene rings is 1. The molecular weight excluding hydrogens is 418 g/mol. The van der Waals surface area contributed by atoms with Gasteiger partial charge in [-0.1, -0.05) is 12.1 Å². The molecule has 1 N–H and O–H groups in total. The topological polar surface area (TPSA) is 32.6 Å². The van der Waals surface area contributed by atoms with Gasteiger partial charge >= 0.3 is 0 Å². The summed E-state index contributed by atoms with van der Waals surface area (Å²) in [4.78, 5) is 6.41. The number of nitrogens with one attached hydrogen (secondary N) is 1. The van der Waals surface area contributed by atoms with Gasteiger partial charge in [-0.05, 0) is 42.7 Å². The summed E-state index contributed by atoms with van der Waals surface area (Å²) in [5.74, 6) is 0.694. The van der Waals surface area contributed by atoms with Gasteiger partial charge in [0.1, 0.15) is 5.82 Å². The molecule has 0 bridgehead atoms. The Morgan fingerprint density at radius 2 is 2.08 bits per heavy atom. The lowest BCUT2D eigenvalue weighted by atomic mass is 10.1. The van der Waals surface area contributed by atoms with E-state index in [2.05, 4.69) is 25.8 Å². The van der Waals surface area contributed by atoms with E-state index in [0.29, 0.717) is 0 Å². The van der Waals surface area contributed by atoms with Crippen molar-refractivity contribution in [3.8, 4) is 0 Å². The Bertz CT molecular complexity index is 654. The van der Waals surface area contributed by atoms with Crippen LogP contribution in [0.1, 0.15) is 17.7 Å². The maximum atomic E-state index is 13.1. The summed E-state index contributed by atoms with van der Waals surface area (Å²) in [7, 11) is 5.85. The summed E-state index contributed by atoms with van der Waals surface area (Å²) in [6.45, 7) is 1.60. The molecule has 6 heteroatoms. The molecule has 0 atom stereocenters. The highest BCUT2D eigenvalue weighted by Crippen LogP contribution is 2.06. The number of aryl methyl sites for hydroxylation is 2. The summed E-state index contributed by atoms with van der Waals surface area (Å²) >= 11 is 0. The maximum Gasteiger partial charge on any atom is 0.193 e. The summed E-state index contributed by atoms with van der Waals surface area (Å²) in [5.41, 5.74) is 2.26. The first kappa shape index (κ1) is 20.5. The van der Waals surface area contributed by atoms with Crippen LogP contribution in [0, 0.1) is 5.82 Å². The lowest BCUT2D eigenvalue weighted by molar-refractivity contribution is 0.461. The Hall–Kier alpha value is -1.57. The van der Waals surface area contributed by atoms with Gasteiger partial charge < -0.3 is 14.8 Å². The summed E-state index contributed by atoms with van der Waals surface area (Å²) in [5, 5.41) is 3.36. The predicted molar refractivity (Wildman–Crippen MR) is 108 cm³/mol. The smallest absolute Gasteiger partial charge is 0.193 e. The Balaban J connectivity index is 0.00000288. The highest BCUT2D eigenvalue weighted by molar-refractivity contribution is 14.0. The third kappa shape index (κ3) is 6.14. The molecule has 1 aromatic carbocycles. The first-order valence-corrected chi connectivity index (χ1v) is 7.86. The van der Waals surface area contributed by atoms with Crippen LogP contribution in [0.4, 0.5) is 4.39 Å². The van der Waals surface area contributed by atoms with E-state index >= 15 is 0 Å². The van der Waals surface area contributed by atoms with Crippen LogP contribution in [0.2, 0.25) is 0 Å². The zero-order valence-electron chi connectivity index (χ0n) is 14.5. The molecule has 0 aliphatic heterocycles. The Morgan fingerprint density at radius 1 is 1.29 bits per heavy atom. The summed E-state index contributed by atoms with van der Waals surface area (Å²) < 4.78 is 15.2. The third-order valence-electron chi connectivity index (χ3n) is 3.84. The molecule has 0 saturated heterocycles. The molecule has 0 saturated carbocycles. The first-order valence-electron chi connectivity index (χ1n) is 7.86. The average Bonchev–Trinajstić information content (AvgIpc) is 2.92. The SMILES string of the molecule is CN=C(NCCCc1cccc(F)c1)N(C)Cc1cccn1C.I. The van der Waals surface area contributed by atoms with Crippen molar-refractivity contribution in [3.05, 3.63) is 59.7 Å².